The average molecular weight is 269 g/mol. The lowest BCUT2D eigenvalue weighted by Gasteiger charge is -2.34. The van der Waals surface area contributed by atoms with Gasteiger partial charge in [0.15, 0.2) is 0 Å². The maximum absolute atomic E-state index is 11.9. The molecule has 1 aliphatic heterocycles. The van der Waals surface area contributed by atoms with Gasteiger partial charge in [0.2, 0.25) is 0 Å². The summed E-state index contributed by atoms with van der Waals surface area (Å²) in [6, 6.07) is 0. The number of carbonyl (C=O) groups is 1. The molecule has 1 aliphatic carbocycles. The van der Waals surface area contributed by atoms with Crippen LogP contribution in [0.2, 0.25) is 0 Å². The summed E-state index contributed by atoms with van der Waals surface area (Å²) in [5.41, 5.74) is 5.27. The van der Waals surface area contributed by atoms with Gasteiger partial charge in [0.05, 0.1) is 24.2 Å². The van der Waals surface area contributed by atoms with Crippen molar-refractivity contribution in [3.05, 3.63) is 0 Å². The van der Waals surface area contributed by atoms with Gasteiger partial charge in [0.1, 0.15) is 0 Å². The normalized spacial score (nSPS) is 29.1. The minimum atomic E-state index is -0.611. The van der Waals surface area contributed by atoms with Gasteiger partial charge in [-0.15, -0.1) is 0 Å². The lowest BCUT2D eigenvalue weighted by Crippen LogP contribution is -2.40. The Balaban J connectivity index is 1.95. The van der Waals surface area contributed by atoms with Crippen molar-refractivity contribution in [2.24, 2.45) is 11.1 Å². The molecular weight excluding hydrogens is 242 g/mol. The smallest absolute Gasteiger partial charge is 0.312 e. The van der Waals surface area contributed by atoms with E-state index in [2.05, 4.69) is 0 Å². The third-order valence-corrected chi connectivity index (χ3v) is 4.91. The van der Waals surface area contributed by atoms with Gasteiger partial charge in [-0.2, -0.15) is 0 Å². The zero-order chi connectivity index (χ0) is 13.9. The summed E-state index contributed by atoms with van der Waals surface area (Å²) in [7, 11) is 1.42. The SMILES string of the molecule is COC(=O)C(C)(CN)CC1CCC2(CCCCC2)O1. The largest absolute Gasteiger partial charge is 0.469 e. The Hall–Kier alpha value is -0.610. The quantitative estimate of drug-likeness (QED) is 0.796. The maximum atomic E-state index is 11.9. The van der Waals surface area contributed by atoms with Gasteiger partial charge in [-0.05, 0) is 39.0 Å². The highest BCUT2D eigenvalue weighted by Crippen LogP contribution is 2.44. The molecule has 2 unspecified atom stereocenters. The molecule has 0 aromatic heterocycles. The summed E-state index contributed by atoms with van der Waals surface area (Å²) in [6.45, 7) is 2.20. The Morgan fingerprint density at radius 2 is 2.05 bits per heavy atom. The van der Waals surface area contributed by atoms with E-state index in [1.54, 1.807) is 0 Å². The van der Waals surface area contributed by atoms with E-state index in [4.69, 9.17) is 15.2 Å². The topological polar surface area (TPSA) is 61.5 Å². The highest BCUT2D eigenvalue weighted by molar-refractivity contribution is 5.76. The van der Waals surface area contributed by atoms with Gasteiger partial charge >= 0.3 is 5.97 Å². The van der Waals surface area contributed by atoms with Crippen LogP contribution < -0.4 is 5.73 Å². The van der Waals surface area contributed by atoms with E-state index in [1.165, 1.54) is 39.2 Å². The van der Waals surface area contributed by atoms with Crippen LogP contribution in [0.4, 0.5) is 0 Å². The summed E-state index contributed by atoms with van der Waals surface area (Å²) >= 11 is 0. The third-order valence-electron chi connectivity index (χ3n) is 4.91. The van der Waals surface area contributed by atoms with Gasteiger partial charge in [0, 0.05) is 6.54 Å². The van der Waals surface area contributed by atoms with Crippen molar-refractivity contribution in [3.8, 4) is 0 Å². The number of methoxy groups -OCH3 is 1. The molecule has 110 valence electrons. The molecule has 2 aliphatic rings. The molecule has 0 amide bonds. The number of esters is 1. The van der Waals surface area contributed by atoms with E-state index in [9.17, 15) is 4.79 Å². The Kier molecular flexibility index (Phi) is 4.51. The second kappa shape index (κ2) is 5.80. The first-order valence-electron chi connectivity index (χ1n) is 7.50. The summed E-state index contributed by atoms with van der Waals surface area (Å²) in [4.78, 5) is 11.9. The lowest BCUT2D eigenvalue weighted by molar-refractivity contribution is -0.155. The molecule has 2 rings (SSSR count). The molecule has 2 N–H and O–H groups in total. The van der Waals surface area contributed by atoms with Crippen LogP contribution in [0.15, 0.2) is 0 Å². The molecule has 4 heteroatoms. The first-order valence-corrected chi connectivity index (χ1v) is 7.50. The molecule has 0 aromatic rings. The third kappa shape index (κ3) is 3.11. The van der Waals surface area contributed by atoms with E-state index in [1.807, 2.05) is 6.92 Å². The van der Waals surface area contributed by atoms with E-state index in [-0.39, 0.29) is 17.7 Å². The maximum Gasteiger partial charge on any atom is 0.312 e. The molecule has 0 radical (unpaired) electrons. The summed E-state index contributed by atoms with van der Waals surface area (Å²) in [5.74, 6) is -0.219. The molecule has 2 fully saturated rings. The van der Waals surface area contributed by atoms with Crippen LogP contribution in [-0.2, 0) is 14.3 Å². The molecule has 4 nitrogen and oxygen atoms in total. The average Bonchev–Trinajstić information content (AvgIpc) is 2.80. The van der Waals surface area contributed by atoms with Crippen LogP contribution in [0.3, 0.4) is 0 Å². The van der Waals surface area contributed by atoms with Crippen molar-refractivity contribution in [1.82, 2.24) is 0 Å². The van der Waals surface area contributed by atoms with Crippen molar-refractivity contribution in [2.75, 3.05) is 13.7 Å². The molecule has 1 saturated carbocycles. The van der Waals surface area contributed by atoms with Crippen LogP contribution in [0.25, 0.3) is 0 Å². The Labute approximate surface area is 116 Å². The van der Waals surface area contributed by atoms with Crippen molar-refractivity contribution in [2.45, 2.75) is 70.0 Å². The van der Waals surface area contributed by atoms with Crippen molar-refractivity contribution >= 4 is 5.97 Å². The monoisotopic (exact) mass is 269 g/mol. The fourth-order valence-corrected chi connectivity index (χ4v) is 3.60. The first-order chi connectivity index (χ1) is 9.03. The summed E-state index contributed by atoms with van der Waals surface area (Å²) in [6.07, 6.45) is 9.27. The predicted molar refractivity (Wildman–Crippen MR) is 73.7 cm³/mol. The highest BCUT2D eigenvalue weighted by Gasteiger charge is 2.44. The van der Waals surface area contributed by atoms with Crippen molar-refractivity contribution in [3.63, 3.8) is 0 Å². The molecule has 1 saturated heterocycles. The van der Waals surface area contributed by atoms with Crippen LogP contribution in [0.1, 0.15) is 58.3 Å². The van der Waals surface area contributed by atoms with E-state index >= 15 is 0 Å². The van der Waals surface area contributed by atoms with E-state index in [0.717, 1.165) is 12.8 Å². The lowest BCUT2D eigenvalue weighted by atomic mass is 9.82. The fourth-order valence-electron chi connectivity index (χ4n) is 3.60. The zero-order valence-corrected chi connectivity index (χ0v) is 12.2. The van der Waals surface area contributed by atoms with Crippen LogP contribution in [-0.4, -0.2) is 31.3 Å². The number of ether oxygens (including phenoxy) is 2. The molecule has 0 bridgehead atoms. The zero-order valence-electron chi connectivity index (χ0n) is 12.2. The molecule has 2 atom stereocenters. The number of hydrogen-bond acceptors (Lipinski definition) is 4. The van der Waals surface area contributed by atoms with Crippen LogP contribution in [0, 0.1) is 5.41 Å². The van der Waals surface area contributed by atoms with Crippen molar-refractivity contribution in [1.29, 1.82) is 0 Å². The molecular formula is C15H27NO3. The van der Waals surface area contributed by atoms with Gasteiger partial charge in [0.25, 0.3) is 0 Å². The summed E-state index contributed by atoms with van der Waals surface area (Å²) < 4.78 is 11.2. The van der Waals surface area contributed by atoms with Crippen molar-refractivity contribution < 1.29 is 14.3 Å². The fraction of sp³-hybridized carbons (Fsp3) is 0.933. The van der Waals surface area contributed by atoms with Gasteiger partial charge in [-0.25, -0.2) is 0 Å². The molecule has 1 heterocycles. The first kappa shape index (κ1) is 14.8. The number of hydrogen-bond donors (Lipinski definition) is 1. The Bertz CT molecular complexity index is 325. The van der Waals surface area contributed by atoms with Gasteiger partial charge in [-0.3, -0.25) is 4.79 Å². The minimum Gasteiger partial charge on any atom is -0.469 e. The van der Waals surface area contributed by atoms with Crippen LogP contribution in [0.5, 0.6) is 0 Å². The highest BCUT2D eigenvalue weighted by atomic mass is 16.5. The second-order valence-electron chi connectivity index (χ2n) is 6.48. The van der Waals surface area contributed by atoms with E-state index < -0.39 is 5.41 Å². The predicted octanol–water partition coefficient (Wildman–Crippen LogP) is 2.40. The number of rotatable bonds is 4. The Morgan fingerprint density at radius 1 is 1.37 bits per heavy atom. The number of carbonyl (C=O) groups excluding carboxylic acids is 1. The Morgan fingerprint density at radius 3 is 2.63 bits per heavy atom. The second-order valence-corrected chi connectivity index (χ2v) is 6.48. The minimum absolute atomic E-state index is 0.106. The van der Waals surface area contributed by atoms with Gasteiger partial charge < -0.3 is 15.2 Å². The van der Waals surface area contributed by atoms with E-state index in [0.29, 0.717) is 13.0 Å². The van der Waals surface area contributed by atoms with Crippen LogP contribution >= 0.6 is 0 Å². The molecule has 19 heavy (non-hydrogen) atoms. The number of nitrogens with two attached hydrogens (primary N) is 1. The molecule has 0 aromatic carbocycles. The van der Waals surface area contributed by atoms with Gasteiger partial charge in [-0.1, -0.05) is 19.3 Å². The summed E-state index contributed by atoms with van der Waals surface area (Å²) in [5, 5.41) is 0. The standard InChI is InChI=1S/C15H27NO3/c1-14(11-16,13(17)18-2)10-12-6-9-15(19-12)7-4-3-5-8-15/h12H,3-11,16H2,1-2H3. The molecule has 1 spiro atoms.